The molecule has 0 saturated heterocycles. The molecule has 0 N–H and O–H groups in total. The molecule has 0 spiro atoms. The van der Waals surface area contributed by atoms with E-state index in [4.69, 9.17) is 11.6 Å². The molecule has 0 radical (unpaired) electrons. The first kappa shape index (κ1) is 16.5. The summed E-state index contributed by atoms with van der Waals surface area (Å²) in [7, 11) is 0. The Bertz CT molecular complexity index is 980. The zero-order valence-electron chi connectivity index (χ0n) is 12.6. The van der Waals surface area contributed by atoms with Gasteiger partial charge in [0.1, 0.15) is 10.8 Å². The molecule has 3 rings (SSSR count). The number of nitrogens with zero attached hydrogens (tertiary/aromatic N) is 2. The third kappa shape index (κ3) is 2.78. The third-order valence-corrected chi connectivity index (χ3v) is 3.93. The van der Waals surface area contributed by atoms with E-state index >= 15 is 0 Å². The van der Waals surface area contributed by atoms with Crippen molar-refractivity contribution in [3.05, 3.63) is 69.1 Å². The Kier molecular flexibility index (Phi) is 4.09. The molecular formula is C17H12ClF3N2O. The Morgan fingerprint density at radius 1 is 1.17 bits per heavy atom. The zero-order chi connectivity index (χ0) is 17.5. The lowest BCUT2D eigenvalue weighted by atomic mass is 10.1. The smallest absolute Gasteiger partial charge is 0.297 e. The second-order valence-electron chi connectivity index (χ2n) is 5.21. The molecule has 2 aromatic heterocycles. The minimum atomic E-state index is -4.53. The van der Waals surface area contributed by atoms with Crippen LogP contribution in [0.4, 0.5) is 13.2 Å². The fraction of sp³-hybridized carbons (Fsp3) is 0.176. The number of hydrogen-bond acceptors (Lipinski definition) is 2. The van der Waals surface area contributed by atoms with Crippen LogP contribution >= 0.6 is 11.6 Å². The van der Waals surface area contributed by atoms with Gasteiger partial charge in [-0.2, -0.15) is 13.2 Å². The number of halogens is 4. The van der Waals surface area contributed by atoms with Crippen LogP contribution in [0.1, 0.15) is 18.2 Å². The molecule has 7 heteroatoms. The van der Waals surface area contributed by atoms with E-state index in [2.05, 4.69) is 4.98 Å². The fourth-order valence-electron chi connectivity index (χ4n) is 2.66. The highest BCUT2D eigenvalue weighted by Gasteiger charge is 2.34. The fourth-order valence-corrected chi connectivity index (χ4v) is 2.80. The van der Waals surface area contributed by atoms with Crippen molar-refractivity contribution in [3.8, 4) is 5.69 Å². The standard InChI is InChI=1S/C17H12ClF3N2O/c1-2-10-9-14(24)11-7-8-15(18)22-16(11)23(10)13-6-4-3-5-12(13)17(19,20)21/h3-9H,2H2,1H3. The lowest BCUT2D eigenvalue weighted by Crippen LogP contribution is -2.17. The quantitative estimate of drug-likeness (QED) is 0.631. The summed E-state index contributed by atoms with van der Waals surface area (Å²) in [6, 6.07) is 9.44. The van der Waals surface area contributed by atoms with Crippen LogP contribution in [-0.2, 0) is 12.6 Å². The summed E-state index contributed by atoms with van der Waals surface area (Å²) in [6.45, 7) is 1.76. The maximum atomic E-state index is 13.4. The molecule has 0 saturated carbocycles. The molecule has 3 aromatic rings. The maximum Gasteiger partial charge on any atom is 0.418 e. The molecule has 124 valence electrons. The van der Waals surface area contributed by atoms with Crippen molar-refractivity contribution in [1.82, 2.24) is 9.55 Å². The molecule has 0 bridgehead atoms. The Labute approximate surface area is 140 Å². The summed E-state index contributed by atoms with van der Waals surface area (Å²) in [5, 5.41) is 0.321. The Balaban J connectivity index is 2.49. The molecule has 0 unspecified atom stereocenters. The van der Waals surface area contributed by atoms with Crippen LogP contribution in [0.5, 0.6) is 0 Å². The SMILES string of the molecule is CCc1cc(=O)c2ccc(Cl)nc2n1-c1ccccc1C(F)(F)F. The summed E-state index contributed by atoms with van der Waals surface area (Å²) in [4.78, 5) is 16.3. The monoisotopic (exact) mass is 352 g/mol. The molecule has 0 aliphatic rings. The van der Waals surface area contributed by atoms with Gasteiger partial charge < -0.3 is 0 Å². The molecule has 24 heavy (non-hydrogen) atoms. The average Bonchev–Trinajstić information content (AvgIpc) is 2.53. The third-order valence-electron chi connectivity index (χ3n) is 3.72. The topological polar surface area (TPSA) is 34.9 Å². The van der Waals surface area contributed by atoms with E-state index in [0.717, 1.165) is 6.07 Å². The van der Waals surface area contributed by atoms with Crippen molar-refractivity contribution in [2.75, 3.05) is 0 Å². The summed E-state index contributed by atoms with van der Waals surface area (Å²) >= 11 is 5.91. The Morgan fingerprint density at radius 3 is 2.54 bits per heavy atom. The number of pyridine rings is 2. The minimum Gasteiger partial charge on any atom is -0.297 e. The first-order chi connectivity index (χ1) is 11.3. The summed E-state index contributed by atoms with van der Waals surface area (Å²) in [5.41, 5.74) is -0.637. The van der Waals surface area contributed by atoms with Crippen LogP contribution in [0.25, 0.3) is 16.7 Å². The molecule has 0 amide bonds. The van der Waals surface area contributed by atoms with Gasteiger partial charge in [-0.25, -0.2) is 4.98 Å². The van der Waals surface area contributed by atoms with Gasteiger partial charge in [-0.15, -0.1) is 0 Å². The molecular weight excluding hydrogens is 341 g/mol. The Hall–Kier alpha value is -2.34. The number of benzene rings is 1. The van der Waals surface area contributed by atoms with Gasteiger partial charge in [0.05, 0.1) is 16.6 Å². The molecule has 3 nitrogen and oxygen atoms in total. The largest absolute Gasteiger partial charge is 0.418 e. The second-order valence-corrected chi connectivity index (χ2v) is 5.60. The van der Waals surface area contributed by atoms with Gasteiger partial charge in [0.2, 0.25) is 0 Å². The van der Waals surface area contributed by atoms with Gasteiger partial charge >= 0.3 is 6.18 Å². The number of alkyl halides is 3. The summed E-state index contributed by atoms with van der Waals surface area (Å²) in [5.74, 6) is 0. The number of hydrogen-bond donors (Lipinski definition) is 0. The van der Waals surface area contributed by atoms with E-state index in [1.807, 2.05) is 0 Å². The first-order valence-electron chi connectivity index (χ1n) is 7.20. The lowest BCUT2D eigenvalue weighted by molar-refractivity contribution is -0.137. The molecule has 2 heterocycles. The van der Waals surface area contributed by atoms with Crippen molar-refractivity contribution in [2.24, 2.45) is 0 Å². The highest BCUT2D eigenvalue weighted by Crippen LogP contribution is 2.35. The van der Waals surface area contributed by atoms with Crippen LogP contribution in [0.3, 0.4) is 0 Å². The number of para-hydroxylation sites is 1. The van der Waals surface area contributed by atoms with Crippen LogP contribution in [0, 0.1) is 0 Å². The van der Waals surface area contributed by atoms with Gasteiger partial charge in [0.15, 0.2) is 5.43 Å². The van der Waals surface area contributed by atoms with E-state index in [-0.39, 0.29) is 27.3 Å². The van der Waals surface area contributed by atoms with Gasteiger partial charge in [0, 0.05) is 11.8 Å². The van der Waals surface area contributed by atoms with Crippen molar-refractivity contribution in [2.45, 2.75) is 19.5 Å². The Morgan fingerprint density at radius 2 is 1.88 bits per heavy atom. The highest BCUT2D eigenvalue weighted by atomic mass is 35.5. The van der Waals surface area contributed by atoms with Gasteiger partial charge in [-0.05, 0) is 30.7 Å². The number of aromatic nitrogens is 2. The van der Waals surface area contributed by atoms with Crippen LogP contribution in [0.15, 0.2) is 47.3 Å². The normalized spacial score (nSPS) is 11.9. The second kappa shape index (κ2) is 5.94. The molecule has 0 atom stereocenters. The van der Waals surface area contributed by atoms with Gasteiger partial charge in [-0.3, -0.25) is 9.36 Å². The van der Waals surface area contributed by atoms with E-state index in [0.29, 0.717) is 12.1 Å². The van der Waals surface area contributed by atoms with Crippen molar-refractivity contribution in [1.29, 1.82) is 0 Å². The van der Waals surface area contributed by atoms with Gasteiger partial charge in [-0.1, -0.05) is 30.7 Å². The van der Waals surface area contributed by atoms with Gasteiger partial charge in [0.25, 0.3) is 0 Å². The van der Waals surface area contributed by atoms with Crippen molar-refractivity contribution >= 4 is 22.6 Å². The van der Waals surface area contributed by atoms with Crippen molar-refractivity contribution in [3.63, 3.8) is 0 Å². The summed E-state index contributed by atoms with van der Waals surface area (Å²) < 4.78 is 41.6. The van der Waals surface area contributed by atoms with E-state index in [1.165, 1.54) is 41.0 Å². The van der Waals surface area contributed by atoms with Crippen LogP contribution in [0.2, 0.25) is 5.15 Å². The van der Waals surface area contributed by atoms with E-state index in [1.54, 1.807) is 6.92 Å². The van der Waals surface area contributed by atoms with Crippen LogP contribution in [-0.4, -0.2) is 9.55 Å². The minimum absolute atomic E-state index is 0.0818. The van der Waals surface area contributed by atoms with E-state index < -0.39 is 11.7 Å². The summed E-state index contributed by atoms with van der Waals surface area (Å²) in [6.07, 6.45) is -4.17. The maximum absolute atomic E-state index is 13.4. The molecule has 0 fully saturated rings. The molecule has 0 aliphatic carbocycles. The van der Waals surface area contributed by atoms with Crippen molar-refractivity contribution < 1.29 is 13.2 Å². The van der Waals surface area contributed by atoms with Crippen LogP contribution < -0.4 is 5.43 Å². The van der Waals surface area contributed by atoms with E-state index in [9.17, 15) is 18.0 Å². The predicted octanol–water partition coefficient (Wildman–Crippen LogP) is 4.62. The first-order valence-corrected chi connectivity index (χ1v) is 7.58. The number of aryl methyl sites for hydroxylation is 1. The molecule has 1 aromatic carbocycles. The average molecular weight is 353 g/mol. The number of fused-ring (bicyclic) bond motifs is 1. The lowest BCUT2D eigenvalue weighted by Gasteiger charge is -2.19. The highest BCUT2D eigenvalue weighted by molar-refractivity contribution is 6.29. The predicted molar refractivity (Wildman–Crippen MR) is 86.7 cm³/mol. The zero-order valence-corrected chi connectivity index (χ0v) is 13.3. The molecule has 0 aliphatic heterocycles. The number of rotatable bonds is 2.